The summed E-state index contributed by atoms with van der Waals surface area (Å²) < 4.78 is 9.69. The van der Waals surface area contributed by atoms with Crippen LogP contribution in [0.2, 0.25) is 0 Å². The van der Waals surface area contributed by atoms with Gasteiger partial charge in [0.2, 0.25) is 0 Å². The van der Waals surface area contributed by atoms with E-state index in [1.54, 1.807) is 7.11 Å². The Morgan fingerprint density at radius 1 is 1.88 bits per heavy atom. The van der Waals surface area contributed by atoms with E-state index in [4.69, 9.17) is 14.6 Å². The lowest BCUT2D eigenvalue weighted by atomic mass is 10.2. The molecular formula is C5H10O3. The predicted molar refractivity (Wildman–Crippen MR) is 27.6 cm³/mol. The maximum absolute atomic E-state index is 8.58. The highest BCUT2D eigenvalue weighted by Gasteiger charge is 2.44. The van der Waals surface area contributed by atoms with Gasteiger partial charge in [0.15, 0.2) is 0 Å². The highest BCUT2D eigenvalue weighted by molar-refractivity contribution is 4.90. The molecule has 1 aliphatic heterocycles. The van der Waals surface area contributed by atoms with Gasteiger partial charge in [-0.25, -0.2) is 0 Å². The lowest BCUT2D eigenvalue weighted by Gasteiger charge is -2.03. The number of ether oxygens (including phenoxy) is 2. The van der Waals surface area contributed by atoms with E-state index in [9.17, 15) is 0 Å². The Hall–Kier alpha value is -0.120. The van der Waals surface area contributed by atoms with Gasteiger partial charge < -0.3 is 14.6 Å². The zero-order chi connectivity index (χ0) is 6.04. The molecule has 0 aromatic rings. The largest absolute Gasteiger partial charge is 0.393 e. The van der Waals surface area contributed by atoms with E-state index in [0.29, 0.717) is 13.2 Å². The van der Waals surface area contributed by atoms with Gasteiger partial charge in [0.1, 0.15) is 5.60 Å². The van der Waals surface area contributed by atoms with Crippen molar-refractivity contribution in [1.29, 1.82) is 0 Å². The summed E-state index contributed by atoms with van der Waals surface area (Å²) in [6.45, 7) is 1.21. The van der Waals surface area contributed by atoms with Crippen molar-refractivity contribution in [3.8, 4) is 0 Å². The molecule has 8 heavy (non-hydrogen) atoms. The number of aliphatic hydroxyl groups is 1. The Balaban J connectivity index is 2.20. The third-order valence-electron chi connectivity index (χ3n) is 1.25. The zero-order valence-corrected chi connectivity index (χ0v) is 4.89. The average molecular weight is 118 g/mol. The van der Waals surface area contributed by atoms with Crippen LogP contribution in [0.4, 0.5) is 0 Å². The number of epoxide rings is 1. The first-order valence-corrected chi connectivity index (χ1v) is 2.57. The van der Waals surface area contributed by atoms with Crippen molar-refractivity contribution in [3.63, 3.8) is 0 Å². The third kappa shape index (κ3) is 0.992. The average Bonchev–Trinajstić information content (AvgIpc) is 2.50. The van der Waals surface area contributed by atoms with Gasteiger partial charge in [-0.05, 0) is 0 Å². The molecule has 0 unspecified atom stereocenters. The summed E-state index contributed by atoms with van der Waals surface area (Å²) >= 11 is 0. The van der Waals surface area contributed by atoms with Gasteiger partial charge in [-0.1, -0.05) is 0 Å². The van der Waals surface area contributed by atoms with E-state index in [2.05, 4.69) is 0 Å². The molecule has 1 aliphatic rings. The highest BCUT2D eigenvalue weighted by atomic mass is 16.6. The molecule has 1 fully saturated rings. The highest BCUT2D eigenvalue weighted by Crippen LogP contribution is 2.25. The first kappa shape index (κ1) is 6.01. The summed E-state index contributed by atoms with van der Waals surface area (Å²) in [5, 5.41) is 8.58. The molecule has 0 amide bonds. The lowest BCUT2D eigenvalue weighted by molar-refractivity contribution is 0.0783. The van der Waals surface area contributed by atoms with E-state index in [0.717, 1.165) is 0 Å². The SMILES string of the molecule is COC[C@@]1(CO)CO1. The second-order valence-corrected chi connectivity index (χ2v) is 2.06. The Bertz CT molecular complexity index is 77.7. The first-order chi connectivity index (χ1) is 3.83. The minimum Gasteiger partial charge on any atom is -0.393 e. The molecule has 0 aromatic heterocycles. The quantitative estimate of drug-likeness (QED) is 0.503. The smallest absolute Gasteiger partial charge is 0.138 e. The summed E-state index contributed by atoms with van der Waals surface area (Å²) in [5.41, 5.74) is -0.325. The van der Waals surface area contributed by atoms with Crippen molar-refractivity contribution in [2.24, 2.45) is 0 Å². The topological polar surface area (TPSA) is 42.0 Å². The molecule has 3 heteroatoms. The van der Waals surface area contributed by atoms with Crippen LogP contribution < -0.4 is 0 Å². The fraction of sp³-hybridized carbons (Fsp3) is 1.00. The summed E-state index contributed by atoms with van der Waals surface area (Å²) in [7, 11) is 1.60. The standard InChI is InChI=1S/C5H10O3/c1-7-3-5(2-6)4-8-5/h6H,2-4H2,1H3/t5-/m0/s1. The Labute approximate surface area is 48.2 Å². The third-order valence-corrected chi connectivity index (χ3v) is 1.25. The summed E-state index contributed by atoms with van der Waals surface area (Å²) in [6.07, 6.45) is 0. The molecule has 48 valence electrons. The minimum atomic E-state index is -0.325. The van der Waals surface area contributed by atoms with E-state index >= 15 is 0 Å². The Kier molecular flexibility index (Phi) is 1.51. The molecule has 1 heterocycles. The Morgan fingerprint density at radius 3 is 2.62 bits per heavy atom. The molecule has 0 bridgehead atoms. The van der Waals surface area contributed by atoms with Crippen LogP contribution >= 0.6 is 0 Å². The molecule has 1 rings (SSSR count). The van der Waals surface area contributed by atoms with Gasteiger partial charge in [0.05, 0.1) is 19.8 Å². The summed E-state index contributed by atoms with van der Waals surface area (Å²) in [6, 6.07) is 0. The van der Waals surface area contributed by atoms with Crippen LogP contribution in [0.25, 0.3) is 0 Å². The van der Waals surface area contributed by atoms with Crippen molar-refractivity contribution in [3.05, 3.63) is 0 Å². The molecule has 1 saturated heterocycles. The fourth-order valence-electron chi connectivity index (χ4n) is 0.585. The number of hydrogen-bond donors (Lipinski definition) is 1. The summed E-state index contributed by atoms with van der Waals surface area (Å²) in [5.74, 6) is 0. The number of aliphatic hydroxyl groups excluding tert-OH is 1. The minimum absolute atomic E-state index is 0.0703. The van der Waals surface area contributed by atoms with Gasteiger partial charge >= 0.3 is 0 Å². The number of hydrogen-bond acceptors (Lipinski definition) is 3. The monoisotopic (exact) mass is 118 g/mol. The number of methoxy groups -OCH3 is 1. The first-order valence-electron chi connectivity index (χ1n) is 2.57. The molecule has 0 saturated carbocycles. The van der Waals surface area contributed by atoms with E-state index in [1.165, 1.54) is 0 Å². The molecule has 0 aromatic carbocycles. The normalized spacial score (nSPS) is 35.2. The van der Waals surface area contributed by atoms with Crippen LogP contribution in [0.1, 0.15) is 0 Å². The van der Waals surface area contributed by atoms with Crippen LogP contribution in [0.3, 0.4) is 0 Å². The van der Waals surface area contributed by atoms with Crippen LogP contribution in [-0.2, 0) is 9.47 Å². The second-order valence-electron chi connectivity index (χ2n) is 2.06. The van der Waals surface area contributed by atoms with Crippen molar-refractivity contribution >= 4 is 0 Å². The van der Waals surface area contributed by atoms with Gasteiger partial charge in [-0.15, -0.1) is 0 Å². The van der Waals surface area contributed by atoms with Crippen LogP contribution in [0.5, 0.6) is 0 Å². The maximum atomic E-state index is 8.58. The molecule has 0 aliphatic carbocycles. The van der Waals surface area contributed by atoms with Crippen LogP contribution in [0, 0.1) is 0 Å². The van der Waals surface area contributed by atoms with Crippen molar-refractivity contribution in [2.75, 3.05) is 26.9 Å². The molecule has 1 atom stereocenters. The van der Waals surface area contributed by atoms with Gasteiger partial charge in [-0.3, -0.25) is 0 Å². The second kappa shape index (κ2) is 2.01. The van der Waals surface area contributed by atoms with E-state index in [-0.39, 0.29) is 12.2 Å². The van der Waals surface area contributed by atoms with Crippen molar-refractivity contribution in [1.82, 2.24) is 0 Å². The molecular weight excluding hydrogens is 108 g/mol. The lowest BCUT2D eigenvalue weighted by Crippen LogP contribution is -2.22. The van der Waals surface area contributed by atoms with Crippen molar-refractivity contribution < 1.29 is 14.6 Å². The Morgan fingerprint density at radius 2 is 2.50 bits per heavy atom. The van der Waals surface area contributed by atoms with E-state index < -0.39 is 0 Å². The maximum Gasteiger partial charge on any atom is 0.138 e. The molecule has 0 spiro atoms. The molecule has 0 radical (unpaired) electrons. The number of rotatable bonds is 3. The van der Waals surface area contributed by atoms with Gasteiger partial charge in [-0.2, -0.15) is 0 Å². The van der Waals surface area contributed by atoms with Gasteiger partial charge in [0.25, 0.3) is 0 Å². The predicted octanol–water partition coefficient (Wildman–Crippen LogP) is -0.606. The van der Waals surface area contributed by atoms with Gasteiger partial charge in [0, 0.05) is 7.11 Å². The van der Waals surface area contributed by atoms with Crippen LogP contribution in [0.15, 0.2) is 0 Å². The fourth-order valence-corrected chi connectivity index (χ4v) is 0.585. The van der Waals surface area contributed by atoms with E-state index in [1.807, 2.05) is 0 Å². The van der Waals surface area contributed by atoms with Crippen molar-refractivity contribution in [2.45, 2.75) is 5.60 Å². The molecule has 1 N–H and O–H groups in total. The summed E-state index contributed by atoms with van der Waals surface area (Å²) in [4.78, 5) is 0. The van der Waals surface area contributed by atoms with Crippen LogP contribution in [-0.4, -0.2) is 37.6 Å². The molecule has 3 nitrogen and oxygen atoms in total. The zero-order valence-electron chi connectivity index (χ0n) is 4.89.